The highest BCUT2D eigenvalue weighted by Gasteiger charge is 2.16. The molecule has 1 N–H and O–H groups in total. The summed E-state index contributed by atoms with van der Waals surface area (Å²) in [5.74, 6) is -0.186. The van der Waals surface area contributed by atoms with Crippen LogP contribution in [0, 0.1) is 12.7 Å². The maximum absolute atomic E-state index is 14.3. The molecule has 0 aromatic heterocycles. The molecule has 3 heteroatoms. The fourth-order valence-electron chi connectivity index (χ4n) is 4.25. The lowest BCUT2D eigenvalue weighted by Crippen LogP contribution is -2.26. The molecule has 0 amide bonds. The summed E-state index contributed by atoms with van der Waals surface area (Å²) < 4.78 is 14.3. The first-order valence-electron chi connectivity index (χ1n) is 9.97. The Kier molecular flexibility index (Phi) is 5.56. The van der Waals surface area contributed by atoms with Crippen LogP contribution in [0.4, 0.5) is 4.39 Å². The Bertz CT molecular complexity index is 982. The summed E-state index contributed by atoms with van der Waals surface area (Å²) in [6, 6.07) is 19.8. The molecule has 0 saturated carbocycles. The van der Waals surface area contributed by atoms with E-state index in [-0.39, 0.29) is 12.4 Å². The van der Waals surface area contributed by atoms with E-state index in [9.17, 15) is 9.50 Å². The fourth-order valence-corrected chi connectivity index (χ4v) is 4.25. The van der Waals surface area contributed by atoms with E-state index in [1.807, 2.05) is 24.3 Å². The van der Waals surface area contributed by atoms with Gasteiger partial charge in [-0.15, -0.1) is 0 Å². The number of nitrogens with zero attached hydrogens (tertiary/aromatic N) is 1. The fraction of sp³-hybridized carbons (Fsp3) is 0.280. The largest absolute Gasteiger partial charge is 0.395 e. The van der Waals surface area contributed by atoms with Crippen LogP contribution in [0.25, 0.3) is 22.3 Å². The normalized spacial score (nSPS) is 14.5. The smallest absolute Gasteiger partial charge is 0.131 e. The molecule has 0 saturated heterocycles. The Hall–Kier alpha value is -2.49. The number of aliphatic hydroxyl groups excluding tert-OH is 1. The van der Waals surface area contributed by atoms with Crippen LogP contribution in [0.15, 0.2) is 60.7 Å². The number of halogens is 1. The highest BCUT2D eigenvalue weighted by molar-refractivity contribution is 5.78. The molecular weight excluding hydrogens is 349 g/mol. The minimum Gasteiger partial charge on any atom is -0.395 e. The number of aliphatic hydroxyl groups is 1. The minimum atomic E-state index is -0.186. The lowest BCUT2D eigenvalue weighted by molar-refractivity contribution is 0.192. The van der Waals surface area contributed by atoms with Crippen LogP contribution < -0.4 is 0 Å². The molecule has 3 aromatic rings. The van der Waals surface area contributed by atoms with Crippen LogP contribution in [-0.4, -0.2) is 29.7 Å². The van der Waals surface area contributed by atoms with Crippen LogP contribution >= 0.6 is 0 Å². The van der Waals surface area contributed by atoms with Crippen molar-refractivity contribution in [3.63, 3.8) is 0 Å². The van der Waals surface area contributed by atoms with Gasteiger partial charge in [0, 0.05) is 18.7 Å². The third-order valence-electron chi connectivity index (χ3n) is 5.75. The number of hydrogen-bond donors (Lipinski definition) is 1. The second kappa shape index (κ2) is 8.26. The van der Waals surface area contributed by atoms with Crippen molar-refractivity contribution < 1.29 is 9.50 Å². The van der Waals surface area contributed by atoms with Crippen molar-refractivity contribution in [2.24, 2.45) is 0 Å². The molecule has 0 fully saturated rings. The molecule has 0 bridgehead atoms. The van der Waals surface area contributed by atoms with Crippen LogP contribution in [0.5, 0.6) is 0 Å². The van der Waals surface area contributed by atoms with Gasteiger partial charge in [0.05, 0.1) is 6.61 Å². The maximum Gasteiger partial charge on any atom is 0.131 e. The number of hydrogen-bond acceptors (Lipinski definition) is 2. The van der Waals surface area contributed by atoms with Gasteiger partial charge in [0.2, 0.25) is 0 Å². The zero-order valence-corrected chi connectivity index (χ0v) is 16.3. The van der Waals surface area contributed by atoms with Gasteiger partial charge in [0.15, 0.2) is 0 Å². The predicted molar refractivity (Wildman–Crippen MR) is 113 cm³/mol. The van der Waals surface area contributed by atoms with Gasteiger partial charge >= 0.3 is 0 Å². The summed E-state index contributed by atoms with van der Waals surface area (Å²) in [5, 5.41) is 9.25. The van der Waals surface area contributed by atoms with Gasteiger partial charge < -0.3 is 5.11 Å². The van der Waals surface area contributed by atoms with Crippen molar-refractivity contribution in [3.05, 3.63) is 83.2 Å². The van der Waals surface area contributed by atoms with Crippen molar-refractivity contribution in [2.45, 2.75) is 26.3 Å². The monoisotopic (exact) mass is 375 g/mol. The Labute approximate surface area is 166 Å². The van der Waals surface area contributed by atoms with Crippen LogP contribution in [0.1, 0.15) is 23.1 Å². The molecule has 0 spiro atoms. The number of β-amino-alcohol motifs (C(OH)–C–C–N with tert-alkyl or cyclic N) is 1. The highest BCUT2D eigenvalue weighted by atomic mass is 19.1. The number of rotatable bonds is 4. The van der Waals surface area contributed by atoms with Gasteiger partial charge in [0.25, 0.3) is 0 Å². The van der Waals surface area contributed by atoms with Crippen molar-refractivity contribution in [1.29, 1.82) is 0 Å². The van der Waals surface area contributed by atoms with E-state index in [0.717, 1.165) is 49.2 Å². The van der Waals surface area contributed by atoms with Crippen molar-refractivity contribution in [2.75, 3.05) is 19.7 Å². The molecule has 28 heavy (non-hydrogen) atoms. The van der Waals surface area contributed by atoms with Crippen LogP contribution in [0.2, 0.25) is 0 Å². The summed E-state index contributed by atoms with van der Waals surface area (Å²) in [6.07, 6.45) is 2.15. The predicted octanol–water partition coefficient (Wildman–Crippen LogP) is 5.21. The first-order valence-corrected chi connectivity index (χ1v) is 9.97. The van der Waals surface area contributed by atoms with E-state index in [1.54, 1.807) is 6.07 Å². The summed E-state index contributed by atoms with van der Waals surface area (Å²) in [7, 11) is 0. The first kappa shape index (κ1) is 18.9. The molecule has 0 unspecified atom stereocenters. The van der Waals surface area contributed by atoms with E-state index in [0.29, 0.717) is 5.56 Å². The van der Waals surface area contributed by atoms with Gasteiger partial charge in [-0.1, -0.05) is 54.6 Å². The quantitative estimate of drug-likeness (QED) is 0.677. The Morgan fingerprint density at radius 3 is 2.54 bits per heavy atom. The second-order valence-electron chi connectivity index (χ2n) is 7.54. The van der Waals surface area contributed by atoms with E-state index in [4.69, 9.17) is 0 Å². The Morgan fingerprint density at radius 1 is 0.929 bits per heavy atom. The van der Waals surface area contributed by atoms with Gasteiger partial charge in [-0.2, -0.15) is 0 Å². The lowest BCUT2D eigenvalue weighted by atomic mass is 9.90. The SMILES string of the molecule is Cc1c(-c2ccc3c(c2)CCCN(CCO)C3)cccc1-c1ccccc1F. The second-order valence-corrected chi connectivity index (χ2v) is 7.54. The molecule has 0 radical (unpaired) electrons. The molecule has 144 valence electrons. The number of fused-ring (bicyclic) bond motifs is 1. The zero-order valence-electron chi connectivity index (χ0n) is 16.3. The molecule has 2 nitrogen and oxygen atoms in total. The third-order valence-corrected chi connectivity index (χ3v) is 5.75. The summed E-state index contributed by atoms with van der Waals surface area (Å²) in [5.41, 5.74) is 7.76. The molecule has 1 aliphatic heterocycles. The molecular formula is C25H26FNO. The standard InChI is InChI=1S/C25H26FNO/c1-18-22(8-4-9-23(18)24-7-2-3-10-25(24)26)20-11-12-21-17-27(14-15-28)13-5-6-19(21)16-20/h2-4,7-12,16,28H,5-6,13-15,17H2,1H3. The van der Waals surface area contributed by atoms with Crippen molar-refractivity contribution >= 4 is 0 Å². The first-order chi connectivity index (χ1) is 13.7. The molecule has 0 aliphatic carbocycles. The van der Waals surface area contributed by atoms with Crippen molar-refractivity contribution in [3.8, 4) is 22.3 Å². The average Bonchev–Trinajstić information content (AvgIpc) is 2.90. The molecule has 3 aromatic carbocycles. The van der Waals surface area contributed by atoms with E-state index in [2.05, 4.69) is 36.1 Å². The highest BCUT2D eigenvalue weighted by Crippen LogP contribution is 2.34. The third kappa shape index (κ3) is 3.73. The molecule has 0 atom stereocenters. The van der Waals surface area contributed by atoms with E-state index < -0.39 is 0 Å². The number of benzene rings is 3. The van der Waals surface area contributed by atoms with E-state index in [1.165, 1.54) is 22.8 Å². The minimum absolute atomic E-state index is 0.186. The zero-order chi connectivity index (χ0) is 19.5. The summed E-state index contributed by atoms with van der Waals surface area (Å²) >= 11 is 0. The van der Waals surface area contributed by atoms with E-state index >= 15 is 0 Å². The number of aryl methyl sites for hydroxylation is 1. The Morgan fingerprint density at radius 2 is 1.71 bits per heavy atom. The maximum atomic E-state index is 14.3. The van der Waals surface area contributed by atoms with Crippen LogP contribution in [0.3, 0.4) is 0 Å². The molecule has 1 aliphatic rings. The van der Waals surface area contributed by atoms with Crippen LogP contribution in [-0.2, 0) is 13.0 Å². The topological polar surface area (TPSA) is 23.5 Å². The summed E-state index contributed by atoms with van der Waals surface area (Å²) in [4.78, 5) is 2.32. The van der Waals surface area contributed by atoms with Gasteiger partial charge in [-0.05, 0) is 65.8 Å². The summed E-state index contributed by atoms with van der Waals surface area (Å²) in [6.45, 7) is 4.92. The Balaban J connectivity index is 1.72. The molecule has 4 rings (SSSR count). The van der Waals surface area contributed by atoms with Gasteiger partial charge in [0.1, 0.15) is 5.82 Å². The van der Waals surface area contributed by atoms with Gasteiger partial charge in [-0.25, -0.2) is 4.39 Å². The van der Waals surface area contributed by atoms with Gasteiger partial charge in [-0.3, -0.25) is 4.90 Å². The van der Waals surface area contributed by atoms with Crippen molar-refractivity contribution in [1.82, 2.24) is 4.90 Å². The molecule has 1 heterocycles. The lowest BCUT2D eigenvalue weighted by Gasteiger charge is -2.19. The average molecular weight is 375 g/mol.